The van der Waals surface area contributed by atoms with Gasteiger partial charge in [0.05, 0.1) is 22.3 Å². The molecule has 1 N–H and O–H groups in total. The fourth-order valence-electron chi connectivity index (χ4n) is 2.11. The highest BCUT2D eigenvalue weighted by Gasteiger charge is 2.13. The van der Waals surface area contributed by atoms with E-state index < -0.39 is 5.91 Å². The number of unbranched alkanes of at least 4 members (excludes halogenated alkanes) is 1. The number of anilines is 1. The van der Waals surface area contributed by atoms with E-state index in [0.717, 1.165) is 18.6 Å². The highest BCUT2D eigenvalue weighted by atomic mass is 35.5. The van der Waals surface area contributed by atoms with Crippen LogP contribution in [0.1, 0.15) is 25.3 Å². The van der Waals surface area contributed by atoms with Crippen molar-refractivity contribution in [2.45, 2.75) is 19.8 Å². The first-order chi connectivity index (χ1) is 12.5. The lowest BCUT2D eigenvalue weighted by molar-refractivity contribution is -0.112. The van der Waals surface area contributed by atoms with Crippen molar-refractivity contribution in [2.75, 3.05) is 11.9 Å². The van der Waals surface area contributed by atoms with Crippen molar-refractivity contribution < 1.29 is 9.53 Å². The number of hydrogen-bond acceptors (Lipinski definition) is 3. The molecule has 0 unspecified atom stereocenters. The minimum atomic E-state index is -0.578. The van der Waals surface area contributed by atoms with Crippen LogP contribution in [0.15, 0.2) is 48.0 Å². The van der Waals surface area contributed by atoms with E-state index in [1.807, 2.05) is 6.07 Å². The van der Waals surface area contributed by atoms with E-state index in [1.165, 1.54) is 6.08 Å². The molecule has 2 aromatic rings. The summed E-state index contributed by atoms with van der Waals surface area (Å²) in [6, 6.07) is 14.0. The summed E-state index contributed by atoms with van der Waals surface area (Å²) in [6.45, 7) is 2.76. The number of nitrogens with one attached hydrogen (secondary N) is 1. The van der Waals surface area contributed by atoms with E-state index in [4.69, 9.17) is 27.9 Å². The van der Waals surface area contributed by atoms with Crippen LogP contribution in [0.3, 0.4) is 0 Å². The number of carbonyl (C=O) groups is 1. The van der Waals surface area contributed by atoms with E-state index in [-0.39, 0.29) is 11.3 Å². The maximum absolute atomic E-state index is 12.3. The summed E-state index contributed by atoms with van der Waals surface area (Å²) in [4.78, 5) is 12.3. The second-order valence-corrected chi connectivity index (χ2v) is 6.31. The van der Waals surface area contributed by atoms with Gasteiger partial charge in [-0.15, -0.1) is 0 Å². The minimum absolute atomic E-state index is 0.0550. The highest BCUT2D eigenvalue weighted by molar-refractivity contribution is 6.40. The van der Waals surface area contributed by atoms with Crippen molar-refractivity contribution in [3.05, 3.63) is 63.6 Å². The van der Waals surface area contributed by atoms with Crippen LogP contribution in [-0.4, -0.2) is 12.5 Å². The normalized spacial score (nSPS) is 10.9. The van der Waals surface area contributed by atoms with Gasteiger partial charge in [-0.2, -0.15) is 5.26 Å². The quantitative estimate of drug-likeness (QED) is 0.374. The van der Waals surface area contributed by atoms with Crippen LogP contribution < -0.4 is 10.1 Å². The molecule has 0 spiro atoms. The second kappa shape index (κ2) is 9.86. The number of halogens is 2. The molecule has 0 aliphatic heterocycles. The number of nitrogens with zero attached hydrogens (tertiary/aromatic N) is 1. The number of ether oxygens (including phenoxy) is 1. The second-order valence-electron chi connectivity index (χ2n) is 5.49. The Balaban J connectivity index is 2.12. The molecule has 4 nitrogen and oxygen atoms in total. The van der Waals surface area contributed by atoms with E-state index in [9.17, 15) is 10.1 Å². The first kappa shape index (κ1) is 19.8. The number of amides is 1. The SMILES string of the molecule is CCCCOc1ccc(/C=C(\C#N)C(=O)Nc2c(Cl)cccc2Cl)cc1. The Morgan fingerprint density at radius 1 is 1.19 bits per heavy atom. The monoisotopic (exact) mass is 388 g/mol. The van der Waals surface area contributed by atoms with E-state index in [2.05, 4.69) is 12.2 Å². The molecule has 0 saturated heterocycles. The van der Waals surface area contributed by atoms with Crippen molar-refractivity contribution in [2.24, 2.45) is 0 Å². The lowest BCUT2D eigenvalue weighted by atomic mass is 10.1. The van der Waals surface area contributed by atoms with Gasteiger partial charge in [0.15, 0.2) is 0 Å². The van der Waals surface area contributed by atoms with Crippen molar-refractivity contribution in [1.29, 1.82) is 5.26 Å². The first-order valence-electron chi connectivity index (χ1n) is 8.15. The highest BCUT2D eigenvalue weighted by Crippen LogP contribution is 2.30. The van der Waals surface area contributed by atoms with E-state index in [0.29, 0.717) is 22.2 Å². The zero-order valence-electron chi connectivity index (χ0n) is 14.3. The van der Waals surface area contributed by atoms with Crippen molar-refractivity contribution in [3.8, 4) is 11.8 Å². The summed E-state index contributed by atoms with van der Waals surface area (Å²) >= 11 is 12.1. The molecule has 2 aromatic carbocycles. The lowest BCUT2D eigenvalue weighted by Gasteiger charge is -2.08. The van der Waals surface area contributed by atoms with Crippen molar-refractivity contribution in [3.63, 3.8) is 0 Å². The van der Waals surface area contributed by atoms with Crippen LogP contribution in [0.2, 0.25) is 10.0 Å². The molecular formula is C20H18Cl2N2O2. The zero-order chi connectivity index (χ0) is 18.9. The summed E-state index contributed by atoms with van der Waals surface area (Å²) < 4.78 is 5.59. The molecule has 0 aliphatic rings. The Bertz CT molecular complexity index is 820. The van der Waals surface area contributed by atoms with Gasteiger partial charge in [-0.3, -0.25) is 4.79 Å². The summed E-state index contributed by atoms with van der Waals surface area (Å²) in [5.41, 5.74) is 0.937. The summed E-state index contributed by atoms with van der Waals surface area (Å²) in [7, 11) is 0. The van der Waals surface area contributed by atoms with Gasteiger partial charge in [0, 0.05) is 0 Å². The maximum Gasteiger partial charge on any atom is 0.266 e. The summed E-state index contributed by atoms with van der Waals surface area (Å²) in [5, 5.41) is 12.5. The van der Waals surface area contributed by atoms with Gasteiger partial charge in [-0.1, -0.05) is 54.7 Å². The fraction of sp³-hybridized carbons (Fsp3) is 0.200. The number of nitriles is 1. The molecule has 2 rings (SSSR count). The minimum Gasteiger partial charge on any atom is -0.494 e. The third-order valence-corrected chi connectivity index (χ3v) is 4.15. The molecule has 6 heteroatoms. The molecule has 0 radical (unpaired) electrons. The molecular weight excluding hydrogens is 371 g/mol. The van der Waals surface area contributed by atoms with Gasteiger partial charge in [0.25, 0.3) is 5.91 Å². The molecule has 134 valence electrons. The largest absolute Gasteiger partial charge is 0.494 e. The zero-order valence-corrected chi connectivity index (χ0v) is 15.8. The number of para-hydroxylation sites is 1. The lowest BCUT2D eigenvalue weighted by Crippen LogP contribution is -2.14. The molecule has 0 fully saturated rings. The molecule has 1 amide bonds. The van der Waals surface area contributed by atoms with Gasteiger partial charge >= 0.3 is 0 Å². The van der Waals surface area contributed by atoms with E-state index in [1.54, 1.807) is 42.5 Å². The predicted molar refractivity (Wildman–Crippen MR) is 106 cm³/mol. The Kier molecular flexibility index (Phi) is 7.53. The van der Waals surface area contributed by atoms with Crippen LogP contribution in [0.25, 0.3) is 6.08 Å². The Morgan fingerprint density at radius 3 is 2.42 bits per heavy atom. The van der Waals surface area contributed by atoms with Gasteiger partial charge in [-0.25, -0.2) is 0 Å². The van der Waals surface area contributed by atoms with Gasteiger partial charge < -0.3 is 10.1 Å². The average Bonchev–Trinajstić information content (AvgIpc) is 2.64. The summed E-state index contributed by atoms with van der Waals surface area (Å²) in [5.74, 6) is 0.173. The van der Waals surface area contributed by atoms with E-state index >= 15 is 0 Å². The molecule has 0 bridgehead atoms. The number of carbonyl (C=O) groups excluding carboxylic acids is 1. The molecule has 26 heavy (non-hydrogen) atoms. The predicted octanol–water partition coefficient (Wildman–Crippen LogP) is 5.72. The third kappa shape index (κ3) is 5.52. The topological polar surface area (TPSA) is 62.1 Å². The Labute approximate surface area is 163 Å². The van der Waals surface area contributed by atoms with Gasteiger partial charge in [0.2, 0.25) is 0 Å². The van der Waals surface area contributed by atoms with Crippen LogP contribution in [0.4, 0.5) is 5.69 Å². The summed E-state index contributed by atoms with van der Waals surface area (Å²) in [6.07, 6.45) is 3.55. The van der Waals surface area contributed by atoms with Crippen LogP contribution >= 0.6 is 23.2 Å². The number of hydrogen-bond donors (Lipinski definition) is 1. The molecule has 0 aromatic heterocycles. The van der Waals surface area contributed by atoms with Crippen molar-refractivity contribution >= 4 is 40.9 Å². The van der Waals surface area contributed by atoms with Gasteiger partial charge in [0.1, 0.15) is 17.4 Å². The standard InChI is InChI=1S/C20H18Cl2N2O2/c1-2-3-11-26-16-9-7-14(8-10-16)12-15(13-23)20(25)24-19-17(21)5-4-6-18(19)22/h4-10,12H,2-3,11H2,1H3,(H,24,25)/b15-12+. The molecule has 0 atom stereocenters. The van der Waals surface area contributed by atoms with Crippen LogP contribution in [0.5, 0.6) is 5.75 Å². The Morgan fingerprint density at radius 2 is 1.85 bits per heavy atom. The number of rotatable bonds is 7. The first-order valence-corrected chi connectivity index (χ1v) is 8.90. The Hall–Kier alpha value is -2.48. The maximum atomic E-state index is 12.3. The molecule has 0 saturated carbocycles. The third-order valence-electron chi connectivity index (χ3n) is 3.52. The molecule has 0 aliphatic carbocycles. The fourth-order valence-corrected chi connectivity index (χ4v) is 2.60. The average molecular weight is 389 g/mol. The van der Waals surface area contributed by atoms with Crippen LogP contribution in [0, 0.1) is 11.3 Å². The van der Waals surface area contributed by atoms with Crippen molar-refractivity contribution in [1.82, 2.24) is 0 Å². The molecule has 0 heterocycles. The number of benzene rings is 2. The van der Waals surface area contributed by atoms with Crippen LogP contribution in [-0.2, 0) is 4.79 Å². The van der Waals surface area contributed by atoms with Gasteiger partial charge in [-0.05, 0) is 42.3 Å². The smallest absolute Gasteiger partial charge is 0.266 e.